The van der Waals surface area contributed by atoms with Crippen molar-refractivity contribution >= 4 is 11.9 Å². The van der Waals surface area contributed by atoms with Crippen LogP contribution in [0.2, 0.25) is 0 Å². The Kier molecular flexibility index (Phi) is 15.0. The van der Waals surface area contributed by atoms with E-state index in [0.29, 0.717) is 0 Å². The summed E-state index contributed by atoms with van der Waals surface area (Å²) in [7, 11) is 8.50. The first-order valence-electron chi connectivity index (χ1n) is 11.8. The third-order valence-electron chi connectivity index (χ3n) is 4.67. The number of ether oxygens (including phenoxy) is 13. The second-order valence-electron chi connectivity index (χ2n) is 7.59. The van der Waals surface area contributed by atoms with Crippen molar-refractivity contribution in [3.05, 3.63) is 35.4 Å². The molecular weight excluding hydrogens is 552 g/mol. The Labute approximate surface area is 236 Å². The molecule has 15 heteroatoms. The van der Waals surface area contributed by atoms with Crippen LogP contribution >= 0.6 is 0 Å². The first-order valence-corrected chi connectivity index (χ1v) is 11.8. The molecule has 0 bridgehead atoms. The maximum absolute atomic E-state index is 13.1. The largest absolute Gasteiger partial charge is 0.463 e. The zero-order valence-corrected chi connectivity index (χ0v) is 23.7. The van der Waals surface area contributed by atoms with Crippen LogP contribution in [-0.4, -0.2) is 95.4 Å². The molecule has 15 nitrogen and oxygen atoms in total. The highest BCUT2D eigenvalue weighted by molar-refractivity contribution is 6.03. The van der Waals surface area contributed by atoms with Gasteiger partial charge in [-0.1, -0.05) is 0 Å². The lowest BCUT2D eigenvalue weighted by Crippen LogP contribution is -2.15. The van der Waals surface area contributed by atoms with Gasteiger partial charge in [-0.3, -0.25) is 0 Å². The highest BCUT2D eigenvalue weighted by atomic mass is 16.7. The third kappa shape index (κ3) is 10.2. The smallest absolute Gasteiger partial charge is 0.346 e. The molecule has 0 heterocycles. The fraction of sp³-hybridized carbons (Fsp3) is 0.462. The summed E-state index contributed by atoms with van der Waals surface area (Å²) in [6.45, 7) is -1.04. The first-order chi connectivity index (χ1) is 19.9. The van der Waals surface area contributed by atoms with Crippen molar-refractivity contribution in [1.82, 2.24) is 0 Å². The molecular formula is C26H34O15. The predicted molar refractivity (Wildman–Crippen MR) is 138 cm³/mol. The number of esters is 2. The summed E-state index contributed by atoms with van der Waals surface area (Å²) in [5.74, 6) is -1.62. The molecule has 0 atom stereocenters. The Morgan fingerprint density at radius 3 is 0.927 bits per heavy atom. The second kappa shape index (κ2) is 18.5. The topological polar surface area (TPSA) is 154 Å². The number of benzene rings is 2. The third-order valence-corrected chi connectivity index (χ3v) is 4.67. The van der Waals surface area contributed by atoms with Gasteiger partial charge in [-0.25, -0.2) is 9.59 Å². The van der Waals surface area contributed by atoms with Crippen LogP contribution < -0.4 is 28.4 Å². The molecule has 0 aliphatic carbocycles. The average Bonchev–Trinajstić information content (AvgIpc) is 2.98. The Morgan fingerprint density at radius 1 is 0.439 bits per heavy atom. The quantitative estimate of drug-likeness (QED) is 0.127. The molecule has 0 unspecified atom stereocenters. The Morgan fingerprint density at radius 2 is 0.683 bits per heavy atom. The van der Waals surface area contributed by atoms with Gasteiger partial charge in [-0.2, -0.15) is 0 Å². The number of hydrogen-bond acceptors (Lipinski definition) is 15. The van der Waals surface area contributed by atoms with Crippen LogP contribution in [0.5, 0.6) is 34.5 Å². The molecule has 0 radical (unpaired) electrons. The maximum Gasteiger partial charge on any atom is 0.346 e. The minimum absolute atomic E-state index is 0.0575. The molecule has 0 aliphatic heterocycles. The second-order valence-corrected chi connectivity index (χ2v) is 7.59. The van der Waals surface area contributed by atoms with E-state index in [2.05, 4.69) is 0 Å². The minimum Gasteiger partial charge on any atom is -0.463 e. The van der Waals surface area contributed by atoms with E-state index < -0.39 is 11.9 Å². The molecule has 0 saturated heterocycles. The lowest BCUT2D eigenvalue weighted by molar-refractivity contribution is 0.0210. The van der Waals surface area contributed by atoms with Crippen molar-refractivity contribution in [1.29, 1.82) is 0 Å². The predicted octanol–water partition coefficient (Wildman–Crippen LogP) is 2.58. The van der Waals surface area contributed by atoms with Gasteiger partial charge in [0, 0.05) is 42.7 Å². The number of carbonyl (C=O) groups excluding carboxylic acids is 2. The van der Waals surface area contributed by atoms with E-state index >= 15 is 0 Å². The van der Waals surface area contributed by atoms with Crippen molar-refractivity contribution < 1.29 is 71.2 Å². The number of carbonyl (C=O) groups is 2. The van der Waals surface area contributed by atoms with Gasteiger partial charge in [0.2, 0.25) is 11.5 Å². The average molecular weight is 587 g/mol. The van der Waals surface area contributed by atoms with Crippen LogP contribution in [0.4, 0.5) is 0 Å². The molecule has 41 heavy (non-hydrogen) atoms. The van der Waals surface area contributed by atoms with Crippen molar-refractivity contribution in [2.45, 2.75) is 0 Å². The van der Waals surface area contributed by atoms with E-state index in [1.165, 1.54) is 66.9 Å². The zero-order chi connectivity index (χ0) is 30.0. The molecule has 2 aromatic rings. The summed E-state index contributed by atoms with van der Waals surface area (Å²) in [4.78, 5) is 26.2. The molecule has 0 spiro atoms. The molecule has 228 valence electrons. The van der Waals surface area contributed by atoms with Crippen LogP contribution in [0, 0.1) is 0 Å². The molecule has 2 rings (SSSR count). The van der Waals surface area contributed by atoms with Crippen LogP contribution in [-0.2, 0) is 33.2 Å². The van der Waals surface area contributed by atoms with E-state index in [-0.39, 0.29) is 86.4 Å². The number of rotatable bonds is 20. The lowest BCUT2D eigenvalue weighted by Gasteiger charge is -2.18. The van der Waals surface area contributed by atoms with Crippen LogP contribution in [0.1, 0.15) is 20.7 Å². The van der Waals surface area contributed by atoms with E-state index in [1.807, 2.05) is 0 Å². The van der Waals surface area contributed by atoms with Gasteiger partial charge < -0.3 is 61.6 Å². The van der Waals surface area contributed by atoms with Gasteiger partial charge in [0.25, 0.3) is 0 Å². The minimum atomic E-state index is -1.03. The van der Waals surface area contributed by atoms with Crippen LogP contribution in [0.3, 0.4) is 0 Å². The molecule has 2 aromatic carbocycles. The van der Waals surface area contributed by atoms with E-state index in [4.69, 9.17) is 61.6 Å². The van der Waals surface area contributed by atoms with E-state index in [0.717, 1.165) is 0 Å². The van der Waals surface area contributed by atoms with Gasteiger partial charge in [0.15, 0.2) is 63.8 Å². The summed E-state index contributed by atoms with van der Waals surface area (Å²) in [6.07, 6.45) is 0. The normalized spacial score (nSPS) is 10.6. The van der Waals surface area contributed by atoms with Gasteiger partial charge in [0.05, 0.1) is 11.1 Å². The Balaban J connectivity index is 2.45. The van der Waals surface area contributed by atoms with Crippen LogP contribution in [0.15, 0.2) is 24.3 Å². The van der Waals surface area contributed by atoms with Gasteiger partial charge in [-0.15, -0.1) is 0 Å². The summed E-state index contributed by atoms with van der Waals surface area (Å²) in [6, 6.07) is 5.17. The summed E-state index contributed by atoms with van der Waals surface area (Å²) >= 11 is 0. The zero-order valence-electron chi connectivity index (χ0n) is 23.7. The van der Waals surface area contributed by atoms with Crippen molar-refractivity contribution in [3.63, 3.8) is 0 Å². The maximum atomic E-state index is 13.1. The van der Waals surface area contributed by atoms with Gasteiger partial charge in [-0.05, 0) is 24.3 Å². The fourth-order valence-electron chi connectivity index (χ4n) is 3.03. The van der Waals surface area contributed by atoms with E-state index in [1.54, 1.807) is 0 Å². The molecule has 0 amide bonds. The number of hydrogen-bond donors (Lipinski definition) is 0. The summed E-state index contributed by atoms with van der Waals surface area (Å²) in [5, 5.41) is 0. The van der Waals surface area contributed by atoms with Gasteiger partial charge >= 0.3 is 11.9 Å². The molecule has 0 aromatic heterocycles. The Hall–Kier alpha value is -3.86. The first kappa shape index (κ1) is 33.3. The fourth-order valence-corrected chi connectivity index (χ4v) is 3.03. The standard InChI is InChI=1S/C26H34O15/c1-29-11-35-19-7-17(8-20(36-12-30-2)23(19)39-15-33-5)25(27)41-26(28)18-9-21(37-13-31-3)24(40-16-34-6)22(10-18)38-14-32-4/h7-10H,11-16H2,1-6H3. The molecule has 0 aliphatic rings. The summed E-state index contributed by atoms with van der Waals surface area (Å²) < 4.78 is 68.2. The Bertz CT molecular complexity index is 961. The van der Waals surface area contributed by atoms with Crippen molar-refractivity contribution in [2.75, 3.05) is 83.4 Å². The van der Waals surface area contributed by atoms with Crippen molar-refractivity contribution in [2.24, 2.45) is 0 Å². The molecule has 0 fully saturated rings. The lowest BCUT2D eigenvalue weighted by atomic mass is 10.1. The number of methoxy groups -OCH3 is 6. The van der Waals surface area contributed by atoms with Crippen molar-refractivity contribution in [3.8, 4) is 34.5 Å². The summed E-state index contributed by atoms with van der Waals surface area (Å²) in [5.41, 5.74) is -0.209. The monoisotopic (exact) mass is 586 g/mol. The highest BCUT2D eigenvalue weighted by Gasteiger charge is 2.25. The van der Waals surface area contributed by atoms with Crippen LogP contribution in [0.25, 0.3) is 0 Å². The molecule has 0 N–H and O–H groups in total. The van der Waals surface area contributed by atoms with E-state index in [9.17, 15) is 9.59 Å². The molecule has 0 saturated carbocycles. The highest BCUT2D eigenvalue weighted by Crippen LogP contribution is 2.41. The SMILES string of the molecule is COCOc1cc(C(=O)OC(=O)c2cc(OCOC)c(OCOC)c(OCOC)c2)cc(OCOC)c1OCOC. The van der Waals surface area contributed by atoms with Gasteiger partial charge in [0.1, 0.15) is 0 Å².